The largest absolute Gasteiger partial charge is 0.397 e. The summed E-state index contributed by atoms with van der Waals surface area (Å²) in [6, 6.07) is 15.8. The molecular formula is C28H40ClN3O6S2. The molecule has 0 saturated heterocycles. The first kappa shape index (κ1) is 34.0. The number of hydrogen-bond donors (Lipinski definition) is 5. The molecule has 0 saturated carbocycles. The highest BCUT2D eigenvalue weighted by Crippen LogP contribution is 2.23. The van der Waals surface area contributed by atoms with Gasteiger partial charge in [-0.05, 0) is 52.9 Å². The fourth-order valence-electron chi connectivity index (χ4n) is 3.79. The molecule has 3 aromatic carbocycles. The van der Waals surface area contributed by atoms with Crippen LogP contribution in [0.5, 0.6) is 0 Å². The van der Waals surface area contributed by atoms with Crippen LogP contribution in [-0.4, -0.2) is 52.3 Å². The van der Waals surface area contributed by atoms with Crippen molar-refractivity contribution in [2.75, 3.05) is 18.9 Å². The minimum Gasteiger partial charge on any atom is -0.397 e. The number of fused-ring (bicyclic) bond motifs is 1. The predicted molar refractivity (Wildman–Crippen MR) is 161 cm³/mol. The van der Waals surface area contributed by atoms with Gasteiger partial charge in [0.1, 0.15) is 0 Å². The summed E-state index contributed by atoms with van der Waals surface area (Å²) in [4.78, 5) is 0.263. The van der Waals surface area contributed by atoms with Crippen LogP contribution in [-0.2, 0) is 20.0 Å². The summed E-state index contributed by atoms with van der Waals surface area (Å²) in [7, 11) is -7.34. The van der Waals surface area contributed by atoms with Crippen molar-refractivity contribution in [2.45, 2.75) is 62.4 Å². The number of benzene rings is 3. The van der Waals surface area contributed by atoms with Crippen molar-refractivity contribution in [1.29, 1.82) is 0 Å². The zero-order valence-electron chi connectivity index (χ0n) is 23.2. The number of nitrogen functional groups attached to an aromatic ring is 1. The fourth-order valence-corrected chi connectivity index (χ4v) is 6.65. The van der Waals surface area contributed by atoms with Gasteiger partial charge in [0.2, 0.25) is 20.0 Å². The Morgan fingerprint density at radius 3 is 1.65 bits per heavy atom. The molecule has 0 radical (unpaired) electrons. The highest BCUT2D eigenvalue weighted by atomic mass is 35.5. The molecular weight excluding hydrogens is 574 g/mol. The molecule has 0 aliphatic heterocycles. The Kier molecular flexibility index (Phi) is 12.8. The molecule has 3 rings (SSSR count). The van der Waals surface area contributed by atoms with E-state index in [0.717, 1.165) is 23.6 Å². The van der Waals surface area contributed by atoms with E-state index in [1.165, 1.54) is 18.2 Å². The van der Waals surface area contributed by atoms with Crippen molar-refractivity contribution in [3.8, 4) is 0 Å². The standard InChI is InChI=1S/C16H21NO3S.C12H19ClN2O3S/c1-3-12(2)16(11-18)17-21(19,20)15-9-8-13-6-4-5-7-14(13)10-15;1-3-8(2)12(7-16)15-19(17,18)9-4-5-10(13)11(14)6-9/h4-10,12,16-18H,3,11H2,1-2H3;4-6,8,12,15-16H,3,7,14H2,1-2H3/t12-,16+;8-,12+/m00/s1. The predicted octanol–water partition coefficient (Wildman–Crippen LogP) is 4.13. The van der Waals surface area contributed by atoms with Crippen molar-refractivity contribution in [1.82, 2.24) is 9.44 Å². The first-order valence-electron chi connectivity index (χ1n) is 13.1. The summed E-state index contributed by atoms with van der Waals surface area (Å²) in [5, 5.41) is 20.8. The summed E-state index contributed by atoms with van der Waals surface area (Å²) in [6.45, 7) is 7.24. The normalized spacial score (nSPS) is 15.1. The summed E-state index contributed by atoms with van der Waals surface area (Å²) >= 11 is 5.76. The van der Waals surface area contributed by atoms with E-state index >= 15 is 0 Å². The third kappa shape index (κ3) is 9.13. The van der Waals surface area contributed by atoms with Crippen LogP contribution < -0.4 is 15.2 Å². The third-order valence-corrected chi connectivity index (χ3v) is 10.3. The molecule has 0 aromatic heterocycles. The van der Waals surface area contributed by atoms with E-state index in [1.54, 1.807) is 18.2 Å². The fraction of sp³-hybridized carbons (Fsp3) is 0.429. The second kappa shape index (κ2) is 15.1. The Labute approximate surface area is 242 Å². The lowest BCUT2D eigenvalue weighted by Gasteiger charge is -2.22. The van der Waals surface area contributed by atoms with Gasteiger partial charge in [0.05, 0.1) is 33.7 Å². The number of anilines is 1. The van der Waals surface area contributed by atoms with Crippen molar-refractivity contribution in [3.63, 3.8) is 0 Å². The maximum absolute atomic E-state index is 12.4. The topological polar surface area (TPSA) is 159 Å². The molecule has 9 nitrogen and oxygen atoms in total. The van der Waals surface area contributed by atoms with Gasteiger partial charge in [0.25, 0.3) is 0 Å². The molecule has 4 atom stereocenters. The number of aliphatic hydroxyl groups excluding tert-OH is 2. The smallest absolute Gasteiger partial charge is 0.240 e. The van der Waals surface area contributed by atoms with Crippen LogP contribution in [0.3, 0.4) is 0 Å². The van der Waals surface area contributed by atoms with E-state index in [4.69, 9.17) is 17.3 Å². The quantitative estimate of drug-likeness (QED) is 0.192. The van der Waals surface area contributed by atoms with Gasteiger partial charge >= 0.3 is 0 Å². The van der Waals surface area contributed by atoms with E-state index in [9.17, 15) is 27.0 Å². The van der Waals surface area contributed by atoms with Crippen LogP contribution in [0.25, 0.3) is 10.8 Å². The molecule has 0 heterocycles. The van der Waals surface area contributed by atoms with Gasteiger partial charge < -0.3 is 15.9 Å². The van der Waals surface area contributed by atoms with Crippen molar-refractivity contribution < 1.29 is 27.0 Å². The Balaban J connectivity index is 0.000000282. The Morgan fingerprint density at radius 2 is 1.20 bits per heavy atom. The summed E-state index contributed by atoms with van der Waals surface area (Å²) in [5.41, 5.74) is 5.80. The number of rotatable bonds is 12. The van der Waals surface area contributed by atoms with Gasteiger partial charge in [0, 0.05) is 12.1 Å². The average Bonchev–Trinajstić information content (AvgIpc) is 2.95. The maximum atomic E-state index is 12.4. The average molecular weight is 614 g/mol. The van der Waals surface area contributed by atoms with Crippen LogP contribution >= 0.6 is 11.6 Å². The molecule has 0 aliphatic rings. The number of sulfonamides is 2. The molecule has 0 amide bonds. The van der Waals surface area contributed by atoms with E-state index < -0.39 is 32.1 Å². The number of aliphatic hydroxyl groups is 2. The SMILES string of the molecule is CC[C@H](C)[C@@H](CO)NS(=O)(=O)c1ccc(Cl)c(N)c1.CC[C@H](C)[C@@H](CO)NS(=O)(=O)c1ccc2ccccc2c1. The summed E-state index contributed by atoms with van der Waals surface area (Å²) in [6.07, 6.45) is 1.56. The van der Waals surface area contributed by atoms with Crippen LogP contribution in [0.15, 0.2) is 70.5 Å². The molecule has 3 aromatic rings. The van der Waals surface area contributed by atoms with Crippen LogP contribution in [0.4, 0.5) is 5.69 Å². The lowest BCUT2D eigenvalue weighted by Crippen LogP contribution is -2.41. The molecule has 222 valence electrons. The second-order valence-corrected chi connectivity index (χ2v) is 13.6. The number of halogens is 1. The molecule has 40 heavy (non-hydrogen) atoms. The van der Waals surface area contributed by atoms with Crippen LogP contribution in [0.1, 0.15) is 40.5 Å². The second-order valence-electron chi connectivity index (χ2n) is 9.78. The van der Waals surface area contributed by atoms with Gasteiger partial charge in [-0.25, -0.2) is 26.3 Å². The van der Waals surface area contributed by atoms with Gasteiger partial charge in [0.15, 0.2) is 0 Å². The molecule has 12 heteroatoms. The van der Waals surface area contributed by atoms with Crippen molar-refractivity contribution in [3.05, 3.63) is 65.7 Å². The van der Waals surface area contributed by atoms with E-state index in [0.29, 0.717) is 5.02 Å². The van der Waals surface area contributed by atoms with E-state index in [-0.39, 0.29) is 40.5 Å². The zero-order valence-corrected chi connectivity index (χ0v) is 25.6. The Hall–Kier alpha value is -2.25. The van der Waals surface area contributed by atoms with Crippen molar-refractivity contribution >= 4 is 48.1 Å². The monoisotopic (exact) mass is 613 g/mol. The van der Waals surface area contributed by atoms with E-state index in [2.05, 4.69) is 9.44 Å². The molecule has 0 aliphatic carbocycles. The summed E-state index contributed by atoms with van der Waals surface area (Å²) < 4.78 is 54.3. The first-order chi connectivity index (χ1) is 18.8. The molecule has 0 bridgehead atoms. The number of nitrogens with one attached hydrogen (secondary N) is 2. The Bertz CT molecular complexity index is 1470. The highest BCUT2D eigenvalue weighted by Gasteiger charge is 2.24. The molecule has 0 unspecified atom stereocenters. The summed E-state index contributed by atoms with van der Waals surface area (Å²) in [5.74, 6) is 0.106. The van der Waals surface area contributed by atoms with Gasteiger partial charge in [-0.1, -0.05) is 82.5 Å². The van der Waals surface area contributed by atoms with Gasteiger partial charge in [-0.2, -0.15) is 0 Å². The Morgan fingerprint density at radius 1 is 0.750 bits per heavy atom. The van der Waals surface area contributed by atoms with Gasteiger partial charge in [-0.15, -0.1) is 0 Å². The van der Waals surface area contributed by atoms with Crippen LogP contribution in [0.2, 0.25) is 5.02 Å². The minimum atomic E-state index is -3.71. The molecule has 0 fully saturated rings. The molecule has 6 N–H and O–H groups in total. The minimum absolute atomic E-state index is 0.0319. The zero-order chi connectivity index (χ0) is 30.1. The highest BCUT2D eigenvalue weighted by molar-refractivity contribution is 7.89. The van der Waals surface area contributed by atoms with Crippen LogP contribution in [0, 0.1) is 11.8 Å². The lowest BCUT2D eigenvalue weighted by atomic mass is 10.0. The third-order valence-electron chi connectivity index (χ3n) is 6.98. The van der Waals surface area contributed by atoms with Crippen molar-refractivity contribution in [2.24, 2.45) is 11.8 Å². The maximum Gasteiger partial charge on any atom is 0.240 e. The number of hydrogen-bond acceptors (Lipinski definition) is 7. The first-order valence-corrected chi connectivity index (χ1v) is 16.4. The molecule has 0 spiro atoms. The van der Waals surface area contributed by atoms with E-state index in [1.807, 2.05) is 52.0 Å². The number of nitrogens with two attached hydrogens (primary N) is 1. The lowest BCUT2D eigenvalue weighted by molar-refractivity contribution is 0.219. The van der Waals surface area contributed by atoms with Gasteiger partial charge in [-0.3, -0.25) is 0 Å².